The average Bonchev–Trinajstić information content (AvgIpc) is 2.36. The van der Waals surface area contributed by atoms with E-state index in [1.165, 1.54) is 31.2 Å². The molecule has 0 fully saturated rings. The fourth-order valence-corrected chi connectivity index (χ4v) is 1.71. The molecule has 1 amide bonds. The van der Waals surface area contributed by atoms with Crippen molar-refractivity contribution in [3.8, 4) is 0 Å². The highest BCUT2D eigenvalue weighted by molar-refractivity contribution is 5.96. The highest BCUT2D eigenvalue weighted by Gasteiger charge is 2.19. The van der Waals surface area contributed by atoms with E-state index in [9.17, 15) is 19.7 Å². The Morgan fingerprint density at radius 3 is 2.60 bits per heavy atom. The van der Waals surface area contributed by atoms with Crippen LogP contribution in [0.25, 0.3) is 0 Å². The molecule has 0 heterocycles. The first kappa shape index (κ1) is 15.4. The van der Waals surface area contributed by atoms with E-state index < -0.39 is 23.3 Å². The fourth-order valence-electron chi connectivity index (χ4n) is 1.71. The van der Waals surface area contributed by atoms with Gasteiger partial charge in [0, 0.05) is 23.7 Å². The van der Waals surface area contributed by atoms with Crippen LogP contribution in [0.15, 0.2) is 30.9 Å². The zero-order valence-electron chi connectivity index (χ0n) is 10.9. The highest BCUT2D eigenvalue weighted by Crippen LogP contribution is 2.19. The molecule has 1 rings (SSSR count). The number of benzene rings is 1. The smallest absolute Gasteiger partial charge is 0.323 e. The molecular formula is C13H14N2O5. The molecule has 0 aliphatic heterocycles. The number of nitrogens with zero attached hydrogens (tertiary/aromatic N) is 2. The minimum Gasteiger partial charge on any atom is -0.480 e. The lowest BCUT2D eigenvalue weighted by atomic mass is 10.1. The summed E-state index contributed by atoms with van der Waals surface area (Å²) in [4.78, 5) is 34.1. The van der Waals surface area contributed by atoms with Gasteiger partial charge in [0.2, 0.25) is 0 Å². The van der Waals surface area contributed by atoms with E-state index >= 15 is 0 Å². The molecule has 0 unspecified atom stereocenters. The summed E-state index contributed by atoms with van der Waals surface area (Å²) in [6.45, 7) is 4.61. The summed E-state index contributed by atoms with van der Waals surface area (Å²) >= 11 is 0. The predicted molar refractivity (Wildman–Crippen MR) is 71.6 cm³/mol. The van der Waals surface area contributed by atoms with Gasteiger partial charge in [-0.3, -0.25) is 19.7 Å². The Bertz CT molecular complexity index is 568. The lowest BCUT2D eigenvalue weighted by molar-refractivity contribution is -0.385. The van der Waals surface area contributed by atoms with Gasteiger partial charge in [0.25, 0.3) is 11.6 Å². The van der Waals surface area contributed by atoms with Crippen LogP contribution in [0.4, 0.5) is 5.69 Å². The monoisotopic (exact) mass is 278 g/mol. The summed E-state index contributed by atoms with van der Waals surface area (Å²) in [6.07, 6.45) is 1.42. The number of carbonyl (C=O) groups is 2. The summed E-state index contributed by atoms with van der Waals surface area (Å²) in [7, 11) is 0. The van der Waals surface area contributed by atoms with Gasteiger partial charge < -0.3 is 10.0 Å². The van der Waals surface area contributed by atoms with E-state index in [1.807, 2.05) is 0 Å². The number of aliphatic carboxylic acids is 1. The normalized spacial score (nSPS) is 9.85. The van der Waals surface area contributed by atoms with Crippen molar-refractivity contribution in [1.29, 1.82) is 0 Å². The van der Waals surface area contributed by atoms with Crippen LogP contribution in [-0.4, -0.2) is 39.9 Å². The number of carboxylic acid groups (broad SMARTS) is 1. The Morgan fingerprint density at radius 2 is 2.15 bits per heavy atom. The summed E-state index contributed by atoms with van der Waals surface area (Å²) in [6, 6.07) is 3.92. The zero-order valence-corrected chi connectivity index (χ0v) is 10.9. The molecule has 20 heavy (non-hydrogen) atoms. The second kappa shape index (κ2) is 6.46. The molecule has 0 radical (unpaired) electrons. The van der Waals surface area contributed by atoms with Crippen molar-refractivity contribution in [2.24, 2.45) is 0 Å². The quantitative estimate of drug-likeness (QED) is 0.484. The highest BCUT2D eigenvalue weighted by atomic mass is 16.6. The third-order valence-electron chi connectivity index (χ3n) is 2.60. The van der Waals surface area contributed by atoms with Crippen LogP contribution in [0.3, 0.4) is 0 Å². The molecule has 0 saturated heterocycles. The second-order valence-electron chi connectivity index (χ2n) is 4.13. The van der Waals surface area contributed by atoms with Gasteiger partial charge in [0.1, 0.15) is 6.54 Å². The van der Waals surface area contributed by atoms with Gasteiger partial charge in [-0.1, -0.05) is 6.08 Å². The second-order valence-corrected chi connectivity index (χ2v) is 4.13. The number of hydrogen-bond donors (Lipinski definition) is 1. The van der Waals surface area contributed by atoms with Gasteiger partial charge in [0.05, 0.1) is 4.92 Å². The van der Waals surface area contributed by atoms with Crippen LogP contribution in [0.1, 0.15) is 15.9 Å². The Balaban J connectivity index is 3.05. The Morgan fingerprint density at radius 1 is 1.50 bits per heavy atom. The topological polar surface area (TPSA) is 101 Å². The molecule has 0 spiro atoms. The number of nitro groups is 1. The largest absolute Gasteiger partial charge is 0.480 e. The maximum Gasteiger partial charge on any atom is 0.323 e. The molecule has 0 atom stereocenters. The maximum absolute atomic E-state index is 12.1. The Kier molecular flexibility index (Phi) is 4.96. The van der Waals surface area contributed by atoms with Gasteiger partial charge in [-0.25, -0.2) is 0 Å². The lowest BCUT2D eigenvalue weighted by Gasteiger charge is -2.19. The van der Waals surface area contributed by atoms with Crippen LogP contribution in [0.2, 0.25) is 0 Å². The molecular weight excluding hydrogens is 264 g/mol. The van der Waals surface area contributed by atoms with Crippen molar-refractivity contribution in [3.05, 3.63) is 52.1 Å². The Labute approximate surface area is 115 Å². The number of amides is 1. The zero-order chi connectivity index (χ0) is 15.3. The number of aryl methyl sites for hydroxylation is 1. The van der Waals surface area contributed by atoms with Crippen molar-refractivity contribution < 1.29 is 19.6 Å². The molecule has 0 saturated carbocycles. The van der Waals surface area contributed by atoms with Crippen molar-refractivity contribution in [2.45, 2.75) is 6.92 Å². The molecule has 1 aromatic rings. The predicted octanol–water partition coefficient (Wildman–Crippen LogP) is 1.62. The molecule has 0 aliphatic rings. The number of rotatable bonds is 6. The Hall–Kier alpha value is -2.70. The van der Waals surface area contributed by atoms with Gasteiger partial charge in [-0.05, 0) is 19.1 Å². The molecule has 1 aromatic carbocycles. The van der Waals surface area contributed by atoms with Crippen LogP contribution in [0, 0.1) is 17.0 Å². The van der Waals surface area contributed by atoms with E-state index in [2.05, 4.69) is 6.58 Å². The van der Waals surface area contributed by atoms with Crippen molar-refractivity contribution in [2.75, 3.05) is 13.1 Å². The number of hydrogen-bond acceptors (Lipinski definition) is 4. The minimum absolute atomic E-state index is 0.0845. The van der Waals surface area contributed by atoms with Crippen molar-refractivity contribution >= 4 is 17.6 Å². The molecule has 106 valence electrons. The standard InChI is InChI=1S/C13H14N2O5/c1-3-6-14(8-12(16)17)13(18)10-4-5-11(15(19)20)9(2)7-10/h3-5,7H,1,6,8H2,2H3,(H,16,17). The van der Waals surface area contributed by atoms with E-state index in [0.717, 1.165) is 4.90 Å². The van der Waals surface area contributed by atoms with Crippen LogP contribution < -0.4 is 0 Å². The van der Waals surface area contributed by atoms with Crippen molar-refractivity contribution in [1.82, 2.24) is 4.90 Å². The molecule has 7 heteroatoms. The number of carboxylic acids is 1. The van der Waals surface area contributed by atoms with Crippen LogP contribution in [-0.2, 0) is 4.79 Å². The average molecular weight is 278 g/mol. The third kappa shape index (κ3) is 3.64. The first-order valence-corrected chi connectivity index (χ1v) is 5.73. The third-order valence-corrected chi connectivity index (χ3v) is 2.60. The molecule has 1 N–H and O–H groups in total. The fraction of sp³-hybridized carbons (Fsp3) is 0.231. The van der Waals surface area contributed by atoms with Gasteiger partial charge in [0.15, 0.2) is 0 Å². The number of carbonyl (C=O) groups excluding carboxylic acids is 1. The summed E-state index contributed by atoms with van der Waals surface area (Å²) in [5, 5.41) is 19.5. The van der Waals surface area contributed by atoms with Gasteiger partial charge >= 0.3 is 5.97 Å². The SMILES string of the molecule is C=CCN(CC(=O)O)C(=O)c1ccc([N+](=O)[O-])c(C)c1. The minimum atomic E-state index is -1.14. The molecule has 0 aliphatic carbocycles. The lowest BCUT2D eigenvalue weighted by Crippen LogP contribution is -2.35. The molecule has 0 bridgehead atoms. The summed E-state index contributed by atoms with van der Waals surface area (Å²) < 4.78 is 0. The first-order chi connectivity index (χ1) is 9.36. The van der Waals surface area contributed by atoms with E-state index in [4.69, 9.17) is 5.11 Å². The summed E-state index contributed by atoms with van der Waals surface area (Å²) in [5.74, 6) is -1.65. The molecule has 0 aromatic heterocycles. The van der Waals surface area contributed by atoms with E-state index in [1.54, 1.807) is 0 Å². The van der Waals surface area contributed by atoms with E-state index in [0.29, 0.717) is 5.56 Å². The van der Waals surface area contributed by atoms with Gasteiger partial charge in [-0.15, -0.1) is 6.58 Å². The van der Waals surface area contributed by atoms with Crippen molar-refractivity contribution in [3.63, 3.8) is 0 Å². The summed E-state index contributed by atoms with van der Waals surface area (Å²) in [5.41, 5.74) is 0.459. The number of nitro benzene ring substituents is 1. The maximum atomic E-state index is 12.1. The first-order valence-electron chi connectivity index (χ1n) is 5.73. The van der Waals surface area contributed by atoms with E-state index in [-0.39, 0.29) is 17.8 Å². The van der Waals surface area contributed by atoms with Crippen LogP contribution in [0.5, 0.6) is 0 Å². The van der Waals surface area contributed by atoms with Gasteiger partial charge in [-0.2, -0.15) is 0 Å². The molecule has 7 nitrogen and oxygen atoms in total. The van der Waals surface area contributed by atoms with Crippen LogP contribution >= 0.6 is 0 Å².